The average molecular weight is 301 g/mol. The van der Waals surface area contributed by atoms with Crippen LogP contribution < -0.4 is 0 Å². The fourth-order valence-corrected chi connectivity index (χ4v) is 3.45. The minimum Gasteiger partial charge on any atom is -0.461 e. The largest absolute Gasteiger partial charge is 0.461 e. The van der Waals surface area contributed by atoms with Gasteiger partial charge in [0.15, 0.2) is 0 Å². The molecule has 1 aliphatic rings. The number of hydrogen-bond donors (Lipinski definition) is 0. The van der Waals surface area contributed by atoms with Gasteiger partial charge in [-0.1, -0.05) is 27.7 Å². The molecule has 0 radical (unpaired) electrons. The summed E-state index contributed by atoms with van der Waals surface area (Å²) in [5.74, 6) is 1.53. The van der Waals surface area contributed by atoms with Crippen molar-refractivity contribution >= 4 is 23.6 Å². The van der Waals surface area contributed by atoms with E-state index in [4.69, 9.17) is 4.74 Å². The number of esters is 1. The Morgan fingerprint density at radius 1 is 1.30 bits per heavy atom. The highest BCUT2D eigenvalue weighted by Crippen LogP contribution is 2.25. The molecular weight excluding hydrogens is 274 g/mol. The zero-order valence-corrected chi connectivity index (χ0v) is 14.0. The van der Waals surface area contributed by atoms with E-state index in [1.807, 2.05) is 20.8 Å². The molecule has 1 aliphatic heterocycles. The van der Waals surface area contributed by atoms with Crippen molar-refractivity contribution in [2.24, 2.45) is 11.8 Å². The first kappa shape index (κ1) is 17.3. The normalized spacial score (nSPS) is 21.9. The van der Waals surface area contributed by atoms with Gasteiger partial charge >= 0.3 is 5.97 Å². The summed E-state index contributed by atoms with van der Waals surface area (Å²) in [6.07, 6.45) is 1.56. The Labute approximate surface area is 126 Å². The highest BCUT2D eigenvalue weighted by atomic mass is 32.2. The number of rotatable bonds is 6. The fraction of sp³-hybridized carbons (Fsp3) is 0.867. The van der Waals surface area contributed by atoms with Crippen LogP contribution in [0.5, 0.6) is 0 Å². The summed E-state index contributed by atoms with van der Waals surface area (Å²) in [6, 6.07) is -0.406. The lowest BCUT2D eigenvalue weighted by molar-refractivity contribution is -0.158. The molecule has 3 atom stereocenters. The zero-order valence-electron chi connectivity index (χ0n) is 13.2. The van der Waals surface area contributed by atoms with Crippen LogP contribution in [-0.2, 0) is 14.3 Å². The Hall–Kier alpha value is -0.710. The molecule has 1 heterocycles. The van der Waals surface area contributed by atoms with Gasteiger partial charge in [0.25, 0.3) is 0 Å². The van der Waals surface area contributed by atoms with E-state index in [1.54, 1.807) is 16.7 Å². The quantitative estimate of drug-likeness (QED) is 0.708. The summed E-state index contributed by atoms with van der Waals surface area (Å²) in [5.41, 5.74) is 0. The van der Waals surface area contributed by atoms with Gasteiger partial charge < -0.3 is 9.64 Å². The summed E-state index contributed by atoms with van der Waals surface area (Å²) < 4.78 is 5.49. The van der Waals surface area contributed by atoms with Gasteiger partial charge in [-0.15, -0.1) is 11.8 Å². The lowest BCUT2D eigenvalue weighted by Crippen LogP contribution is -2.45. The minimum absolute atomic E-state index is 0.0305. The molecule has 0 bridgehead atoms. The van der Waals surface area contributed by atoms with E-state index < -0.39 is 6.04 Å². The Kier molecular flexibility index (Phi) is 6.86. The lowest BCUT2D eigenvalue weighted by Gasteiger charge is -2.26. The Morgan fingerprint density at radius 3 is 2.50 bits per heavy atom. The first-order valence-corrected chi connectivity index (χ1v) is 8.61. The molecule has 4 nitrogen and oxygen atoms in total. The van der Waals surface area contributed by atoms with E-state index in [9.17, 15) is 9.59 Å². The van der Waals surface area contributed by atoms with Crippen molar-refractivity contribution in [2.45, 2.75) is 59.6 Å². The second kappa shape index (κ2) is 7.91. The summed E-state index contributed by atoms with van der Waals surface area (Å²) in [5, 5.41) is 0. The molecule has 0 N–H and O–H groups in total. The number of nitrogens with zero attached hydrogens (tertiary/aromatic N) is 1. The van der Waals surface area contributed by atoms with Gasteiger partial charge in [0.05, 0.1) is 12.0 Å². The second-order valence-corrected chi connectivity index (χ2v) is 7.01. The molecule has 1 amide bonds. The highest BCUT2D eigenvalue weighted by Gasteiger charge is 2.37. The van der Waals surface area contributed by atoms with Crippen LogP contribution in [0.4, 0.5) is 0 Å². The summed E-state index contributed by atoms with van der Waals surface area (Å²) >= 11 is 1.62. The van der Waals surface area contributed by atoms with Crippen molar-refractivity contribution < 1.29 is 14.3 Å². The maximum absolute atomic E-state index is 12.3. The van der Waals surface area contributed by atoms with Crippen LogP contribution in [-0.4, -0.2) is 40.6 Å². The molecule has 5 heteroatoms. The molecule has 116 valence electrons. The summed E-state index contributed by atoms with van der Waals surface area (Å²) in [4.78, 5) is 26.2. The molecule has 0 aromatic heterocycles. The van der Waals surface area contributed by atoms with Crippen molar-refractivity contribution in [2.75, 3.05) is 11.6 Å². The number of thioether (sulfide) groups is 1. The van der Waals surface area contributed by atoms with Crippen LogP contribution in [0.15, 0.2) is 0 Å². The van der Waals surface area contributed by atoms with Crippen LogP contribution in [0, 0.1) is 11.8 Å². The van der Waals surface area contributed by atoms with Crippen LogP contribution in [0.1, 0.15) is 47.5 Å². The summed E-state index contributed by atoms with van der Waals surface area (Å²) in [7, 11) is 0. The average Bonchev–Trinajstić information content (AvgIpc) is 2.84. The van der Waals surface area contributed by atoms with E-state index in [0.717, 1.165) is 12.8 Å². The summed E-state index contributed by atoms with van der Waals surface area (Å²) in [6.45, 7) is 10.0. The van der Waals surface area contributed by atoms with Crippen molar-refractivity contribution in [1.82, 2.24) is 4.90 Å². The topological polar surface area (TPSA) is 46.6 Å². The lowest BCUT2D eigenvalue weighted by atomic mass is 10.1. The molecule has 0 aliphatic carbocycles. The molecule has 1 saturated heterocycles. The van der Waals surface area contributed by atoms with Crippen molar-refractivity contribution in [3.63, 3.8) is 0 Å². The number of ether oxygens (including phenoxy) is 1. The Balaban J connectivity index is 2.60. The van der Waals surface area contributed by atoms with Gasteiger partial charge in [-0.25, -0.2) is 4.79 Å². The van der Waals surface area contributed by atoms with Gasteiger partial charge in [0.1, 0.15) is 6.04 Å². The van der Waals surface area contributed by atoms with Crippen molar-refractivity contribution in [3.05, 3.63) is 0 Å². The van der Waals surface area contributed by atoms with E-state index in [0.29, 0.717) is 17.5 Å². The highest BCUT2D eigenvalue weighted by molar-refractivity contribution is 7.99. The molecule has 0 unspecified atom stereocenters. The monoisotopic (exact) mass is 301 g/mol. The van der Waals surface area contributed by atoms with Crippen LogP contribution in [0.25, 0.3) is 0 Å². The Bertz CT molecular complexity index is 346. The predicted molar refractivity (Wildman–Crippen MR) is 82.4 cm³/mol. The van der Waals surface area contributed by atoms with E-state index >= 15 is 0 Å². The van der Waals surface area contributed by atoms with Gasteiger partial charge in [-0.2, -0.15) is 0 Å². The maximum Gasteiger partial charge on any atom is 0.330 e. The predicted octanol–water partition coefficient (Wildman–Crippen LogP) is 2.91. The third kappa shape index (κ3) is 4.69. The molecule has 0 aromatic carbocycles. The van der Waals surface area contributed by atoms with Gasteiger partial charge in [-0.05, 0) is 25.7 Å². The molecule has 0 aromatic rings. The first-order valence-electron chi connectivity index (χ1n) is 7.45. The number of amides is 1. The number of carbonyl (C=O) groups is 2. The van der Waals surface area contributed by atoms with E-state index in [-0.39, 0.29) is 23.9 Å². The molecule has 1 fully saturated rings. The molecule has 0 spiro atoms. The standard InChI is InChI=1S/C15H27NO3S/c1-6-11(4)14(17)16-9-20-8-13(16)15(18)19-12(5)7-10(2)3/h10-13H,6-9H2,1-5H3/t11-,12-,13+/m0/s1. The van der Waals surface area contributed by atoms with E-state index in [2.05, 4.69) is 13.8 Å². The SMILES string of the molecule is CC[C@H](C)C(=O)N1CSC[C@@H]1C(=O)O[C@@H](C)CC(C)C. The first-order chi connectivity index (χ1) is 9.36. The van der Waals surface area contributed by atoms with Gasteiger partial charge in [0, 0.05) is 11.7 Å². The van der Waals surface area contributed by atoms with Gasteiger partial charge in [-0.3, -0.25) is 4.79 Å². The van der Waals surface area contributed by atoms with Crippen LogP contribution in [0.2, 0.25) is 0 Å². The van der Waals surface area contributed by atoms with Crippen molar-refractivity contribution in [3.8, 4) is 0 Å². The third-order valence-electron chi connectivity index (χ3n) is 3.59. The van der Waals surface area contributed by atoms with Crippen molar-refractivity contribution in [1.29, 1.82) is 0 Å². The molecular formula is C15H27NO3S. The molecule has 20 heavy (non-hydrogen) atoms. The van der Waals surface area contributed by atoms with Gasteiger partial charge in [0.2, 0.25) is 5.91 Å². The van der Waals surface area contributed by atoms with Crippen LogP contribution >= 0.6 is 11.8 Å². The van der Waals surface area contributed by atoms with E-state index in [1.165, 1.54) is 0 Å². The second-order valence-electron chi connectivity index (χ2n) is 6.01. The smallest absolute Gasteiger partial charge is 0.330 e. The Morgan fingerprint density at radius 2 is 1.95 bits per heavy atom. The molecule has 0 saturated carbocycles. The maximum atomic E-state index is 12.3. The zero-order chi connectivity index (χ0) is 15.3. The fourth-order valence-electron chi connectivity index (χ4n) is 2.30. The third-order valence-corrected chi connectivity index (χ3v) is 4.60. The van der Waals surface area contributed by atoms with Crippen LogP contribution in [0.3, 0.4) is 0 Å². The number of hydrogen-bond acceptors (Lipinski definition) is 4. The number of carbonyl (C=O) groups excluding carboxylic acids is 2. The molecule has 1 rings (SSSR count). The minimum atomic E-state index is -0.406.